The number of hydrogen-bond acceptors (Lipinski definition) is 1. The molecule has 0 heterocycles. The molecule has 0 N–H and O–H groups in total. The van der Waals surface area contributed by atoms with Crippen LogP contribution in [0.15, 0.2) is 0 Å². The van der Waals surface area contributed by atoms with Gasteiger partial charge in [0.2, 0.25) is 0 Å². The van der Waals surface area contributed by atoms with Gasteiger partial charge in [-0.15, -0.1) is 0 Å². The first-order chi connectivity index (χ1) is 9.40. The highest BCUT2D eigenvalue weighted by Crippen LogP contribution is 2.29. The summed E-state index contributed by atoms with van der Waals surface area (Å²) in [6, 6.07) is 0. The first-order valence-corrected chi connectivity index (χ1v) is 9.08. The molecule has 122 valence electrons. The number of nitrogens with zero attached hydrogens (tertiary/aromatic N) is 1. The zero-order valence-electron chi connectivity index (χ0n) is 15.4. The van der Waals surface area contributed by atoms with Gasteiger partial charge in [0, 0.05) is 0 Å². The molecule has 0 aliphatic heterocycles. The third kappa shape index (κ3) is 9.00. The molecule has 1 nitrogen and oxygen atoms in total. The minimum atomic E-state index is 0.822. The van der Waals surface area contributed by atoms with Gasteiger partial charge in [-0.2, -0.15) is 0 Å². The largest absolute Gasteiger partial charge is 0.307 e. The van der Waals surface area contributed by atoms with Gasteiger partial charge in [0.25, 0.3) is 0 Å². The van der Waals surface area contributed by atoms with Crippen molar-refractivity contribution in [2.75, 3.05) is 20.1 Å². The van der Waals surface area contributed by atoms with E-state index in [2.05, 4.69) is 53.5 Å². The second kappa shape index (κ2) is 11.6. The van der Waals surface area contributed by atoms with E-state index in [4.69, 9.17) is 0 Å². The fourth-order valence-corrected chi connectivity index (χ4v) is 2.92. The molecular formula is C19H41N. The first kappa shape index (κ1) is 20.0. The van der Waals surface area contributed by atoms with Crippen LogP contribution in [0.4, 0.5) is 0 Å². The fourth-order valence-electron chi connectivity index (χ4n) is 2.92. The monoisotopic (exact) mass is 283 g/mol. The molecule has 0 spiro atoms. The van der Waals surface area contributed by atoms with Crippen LogP contribution in [0.5, 0.6) is 0 Å². The molecule has 20 heavy (non-hydrogen) atoms. The van der Waals surface area contributed by atoms with Crippen molar-refractivity contribution >= 4 is 0 Å². The van der Waals surface area contributed by atoms with Crippen molar-refractivity contribution < 1.29 is 0 Å². The number of hydrogen-bond donors (Lipinski definition) is 0. The van der Waals surface area contributed by atoms with E-state index in [1.807, 2.05) is 0 Å². The van der Waals surface area contributed by atoms with Gasteiger partial charge in [-0.05, 0) is 50.2 Å². The normalized spacial score (nSPS) is 16.6. The van der Waals surface area contributed by atoms with Gasteiger partial charge in [0.05, 0.1) is 0 Å². The quantitative estimate of drug-likeness (QED) is 0.406. The van der Waals surface area contributed by atoms with Gasteiger partial charge in [-0.3, -0.25) is 0 Å². The van der Waals surface area contributed by atoms with Crippen molar-refractivity contribution in [3.05, 3.63) is 0 Å². The zero-order valence-corrected chi connectivity index (χ0v) is 15.4. The summed E-state index contributed by atoms with van der Waals surface area (Å²) in [5.74, 6) is 3.43. The summed E-state index contributed by atoms with van der Waals surface area (Å²) < 4.78 is 0. The highest BCUT2D eigenvalue weighted by Gasteiger charge is 2.20. The molecule has 0 saturated heterocycles. The molecule has 0 rings (SSSR count). The molecule has 0 aliphatic carbocycles. The average molecular weight is 284 g/mol. The SMILES string of the molecule is CCN(C)CCCCCCC[C@@H](C)C(C)C(C)C(C)C. The van der Waals surface area contributed by atoms with Gasteiger partial charge < -0.3 is 4.90 Å². The zero-order chi connectivity index (χ0) is 15.5. The van der Waals surface area contributed by atoms with E-state index in [-0.39, 0.29) is 0 Å². The Morgan fingerprint density at radius 3 is 1.85 bits per heavy atom. The van der Waals surface area contributed by atoms with Crippen LogP contribution in [0, 0.1) is 23.7 Å². The third-order valence-electron chi connectivity index (χ3n) is 5.52. The molecule has 0 saturated carbocycles. The summed E-state index contributed by atoms with van der Waals surface area (Å²) >= 11 is 0. The van der Waals surface area contributed by atoms with Gasteiger partial charge >= 0.3 is 0 Å². The highest BCUT2D eigenvalue weighted by atomic mass is 15.1. The van der Waals surface area contributed by atoms with Crippen LogP contribution in [0.2, 0.25) is 0 Å². The second-order valence-corrected chi connectivity index (χ2v) is 7.39. The molecule has 1 heteroatoms. The highest BCUT2D eigenvalue weighted by molar-refractivity contribution is 4.70. The molecule has 0 aromatic carbocycles. The smallest absolute Gasteiger partial charge is 0.00219 e. The van der Waals surface area contributed by atoms with Crippen molar-refractivity contribution in [2.24, 2.45) is 23.7 Å². The minimum Gasteiger partial charge on any atom is -0.307 e. The van der Waals surface area contributed by atoms with E-state index in [1.165, 1.54) is 51.6 Å². The maximum Gasteiger partial charge on any atom is -0.00219 e. The summed E-state index contributed by atoms with van der Waals surface area (Å²) in [7, 11) is 2.22. The number of unbranched alkanes of at least 4 members (excludes halogenated alkanes) is 4. The van der Waals surface area contributed by atoms with Crippen molar-refractivity contribution in [1.29, 1.82) is 0 Å². The van der Waals surface area contributed by atoms with Crippen molar-refractivity contribution in [2.45, 2.75) is 80.1 Å². The van der Waals surface area contributed by atoms with E-state index in [9.17, 15) is 0 Å². The van der Waals surface area contributed by atoms with Crippen molar-refractivity contribution in [1.82, 2.24) is 4.90 Å². The molecular weight excluding hydrogens is 242 g/mol. The average Bonchev–Trinajstić information content (AvgIpc) is 2.43. The summed E-state index contributed by atoms with van der Waals surface area (Å²) in [4.78, 5) is 2.41. The van der Waals surface area contributed by atoms with Crippen LogP contribution in [0.1, 0.15) is 80.1 Å². The second-order valence-electron chi connectivity index (χ2n) is 7.39. The Bertz CT molecular complexity index is 212. The lowest BCUT2D eigenvalue weighted by Gasteiger charge is -2.29. The summed E-state index contributed by atoms with van der Waals surface area (Å²) in [5, 5.41) is 0. The number of rotatable bonds is 12. The van der Waals surface area contributed by atoms with Crippen LogP contribution in [-0.2, 0) is 0 Å². The topological polar surface area (TPSA) is 3.24 Å². The van der Waals surface area contributed by atoms with Crippen molar-refractivity contribution in [3.63, 3.8) is 0 Å². The minimum absolute atomic E-state index is 0.822. The Labute approximate surface area is 129 Å². The Hall–Kier alpha value is -0.0400. The predicted octanol–water partition coefficient (Wildman–Crippen LogP) is 5.84. The van der Waals surface area contributed by atoms with E-state index in [0.717, 1.165) is 23.7 Å². The Morgan fingerprint density at radius 2 is 1.30 bits per heavy atom. The molecule has 0 radical (unpaired) electrons. The Balaban J connectivity index is 3.55. The van der Waals surface area contributed by atoms with Crippen molar-refractivity contribution in [3.8, 4) is 0 Å². The lowest BCUT2D eigenvalue weighted by atomic mass is 9.77. The Morgan fingerprint density at radius 1 is 0.750 bits per heavy atom. The van der Waals surface area contributed by atoms with Crippen LogP contribution in [0.3, 0.4) is 0 Å². The van der Waals surface area contributed by atoms with Gasteiger partial charge in [0.15, 0.2) is 0 Å². The van der Waals surface area contributed by atoms with Crippen LogP contribution in [0.25, 0.3) is 0 Å². The summed E-state index contributed by atoms with van der Waals surface area (Å²) in [6.45, 7) is 16.8. The molecule has 0 fully saturated rings. The predicted molar refractivity (Wildman–Crippen MR) is 93.2 cm³/mol. The molecule has 0 aliphatic rings. The summed E-state index contributed by atoms with van der Waals surface area (Å²) in [5.41, 5.74) is 0. The lowest BCUT2D eigenvalue weighted by molar-refractivity contribution is 0.211. The van der Waals surface area contributed by atoms with Crippen LogP contribution in [-0.4, -0.2) is 25.0 Å². The van der Waals surface area contributed by atoms with E-state index < -0.39 is 0 Å². The fraction of sp³-hybridized carbons (Fsp3) is 1.00. The van der Waals surface area contributed by atoms with Crippen LogP contribution >= 0.6 is 0 Å². The van der Waals surface area contributed by atoms with Crippen LogP contribution < -0.4 is 0 Å². The van der Waals surface area contributed by atoms with E-state index >= 15 is 0 Å². The molecule has 0 aromatic heterocycles. The molecule has 0 amide bonds. The van der Waals surface area contributed by atoms with Gasteiger partial charge in [0.1, 0.15) is 0 Å². The summed E-state index contributed by atoms with van der Waals surface area (Å²) in [6.07, 6.45) is 8.51. The maximum absolute atomic E-state index is 2.46. The lowest BCUT2D eigenvalue weighted by Crippen LogP contribution is -2.20. The molecule has 0 aromatic rings. The standard InChI is InChI=1S/C19H41N/c1-8-20(7)15-13-11-9-10-12-14-17(4)19(6)18(5)16(2)3/h16-19H,8-15H2,1-7H3/t17-,18?,19?/m1/s1. The molecule has 2 unspecified atom stereocenters. The first-order valence-electron chi connectivity index (χ1n) is 9.08. The van der Waals surface area contributed by atoms with Gasteiger partial charge in [-0.25, -0.2) is 0 Å². The van der Waals surface area contributed by atoms with E-state index in [0.29, 0.717) is 0 Å². The van der Waals surface area contributed by atoms with E-state index in [1.54, 1.807) is 0 Å². The molecule has 3 atom stereocenters. The third-order valence-corrected chi connectivity index (χ3v) is 5.52. The Kier molecular flexibility index (Phi) is 11.6. The van der Waals surface area contributed by atoms with Gasteiger partial charge in [-0.1, -0.05) is 73.6 Å². The molecule has 0 bridgehead atoms. The maximum atomic E-state index is 2.46.